The maximum atomic E-state index is 5.82. The van der Waals surface area contributed by atoms with Gasteiger partial charge in [-0.05, 0) is 54.0 Å². The van der Waals surface area contributed by atoms with Crippen molar-refractivity contribution in [2.75, 3.05) is 44.8 Å². The van der Waals surface area contributed by atoms with E-state index in [0.29, 0.717) is 0 Å². The first kappa shape index (κ1) is 21.1. The van der Waals surface area contributed by atoms with E-state index < -0.39 is 0 Å². The number of hydrogen-bond donors (Lipinski definition) is 0. The van der Waals surface area contributed by atoms with Gasteiger partial charge in [0.1, 0.15) is 5.75 Å². The normalized spacial score (nSPS) is 21.1. The largest absolute Gasteiger partial charge is 0.497 e. The SMILES string of the molecule is CCCCC(c1nnnn1CC1CCCO1)N1CCN(c2ccc(OC)cc2)CC1. The highest BCUT2D eigenvalue weighted by Gasteiger charge is 2.30. The van der Waals surface area contributed by atoms with Gasteiger partial charge in [0.2, 0.25) is 0 Å². The predicted octanol–water partition coefficient (Wildman–Crippen LogP) is 2.91. The Morgan fingerprint density at radius 2 is 1.97 bits per heavy atom. The van der Waals surface area contributed by atoms with Gasteiger partial charge in [0, 0.05) is 38.5 Å². The van der Waals surface area contributed by atoms with Gasteiger partial charge < -0.3 is 14.4 Å². The van der Waals surface area contributed by atoms with Crippen LogP contribution in [0, 0.1) is 0 Å². The van der Waals surface area contributed by atoms with Crippen LogP contribution in [0.1, 0.15) is 50.9 Å². The number of hydrogen-bond acceptors (Lipinski definition) is 7. The van der Waals surface area contributed by atoms with Crippen molar-refractivity contribution in [3.63, 3.8) is 0 Å². The molecule has 0 N–H and O–H groups in total. The van der Waals surface area contributed by atoms with Gasteiger partial charge in [-0.25, -0.2) is 4.68 Å². The summed E-state index contributed by atoms with van der Waals surface area (Å²) in [6.45, 7) is 7.88. The number of piperazine rings is 1. The van der Waals surface area contributed by atoms with Crippen LogP contribution in [0.4, 0.5) is 5.69 Å². The Morgan fingerprint density at radius 3 is 2.63 bits per heavy atom. The summed E-state index contributed by atoms with van der Waals surface area (Å²) in [5.41, 5.74) is 1.25. The first-order valence-corrected chi connectivity index (χ1v) is 11.3. The van der Waals surface area contributed by atoms with Gasteiger partial charge >= 0.3 is 0 Å². The second kappa shape index (κ2) is 10.2. The molecule has 2 unspecified atom stereocenters. The number of anilines is 1. The summed E-state index contributed by atoms with van der Waals surface area (Å²) >= 11 is 0. The van der Waals surface area contributed by atoms with Crippen LogP contribution in [0.2, 0.25) is 0 Å². The summed E-state index contributed by atoms with van der Waals surface area (Å²) < 4.78 is 13.1. The molecule has 2 saturated heterocycles. The lowest BCUT2D eigenvalue weighted by molar-refractivity contribution is 0.0890. The van der Waals surface area contributed by atoms with Gasteiger partial charge in [-0.1, -0.05) is 19.8 Å². The van der Waals surface area contributed by atoms with E-state index in [1.807, 2.05) is 16.8 Å². The Kier molecular flexibility index (Phi) is 7.17. The molecule has 4 rings (SSSR count). The fourth-order valence-corrected chi connectivity index (χ4v) is 4.52. The van der Waals surface area contributed by atoms with E-state index in [1.54, 1.807) is 7.11 Å². The van der Waals surface area contributed by atoms with Crippen molar-refractivity contribution in [1.82, 2.24) is 25.1 Å². The van der Waals surface area contributed by atoms with E-state index in [-0.39, 0.29) is 12.1 Å². The maximum absolute atomic E-state index is 5.82. The number of nitrogens with zero attached hydrogens (tertiary/aromatic N) is 6. The van der Waals surface area contributed by atoms with Crippen molar-refractivity contribution in [2.45, 2.75) is 57.7 Å². The van der Waals surface area contributed by atoms with Crippen molar-refractivity contribution in [3.8, 4) is 5.75 Å². The molecule has 1 aromatic heterocycles. The standard InChI is InChI=1S/C22H34N6O2/c1-3-4-7-21(22-23-24-25-28(22)17-20-6-5-16-30-20)27-14-12-26(13-15-27)18-8-10-19(29-2)11-9-18/h8-11,20-21H,3-7,12-17H2,1-2H3. The number of unbranched alkanes of at least 4 members (excludes halogenated alkanes) is 1. The summed E-state index contributed by atoms with van der Waals surface area (Å²) in [4.78, 5) is 5.01. The summed E-state index contributed by atoms with van der Waals surface area (Å²) in [6, 6.07) is 8.62. The summed E-state index contributed by atoms with van der Waals surface area (Å²) in [6.07, 6.45) is 5.91. The third kappa shape index (κ3) is 4.92. The highest BCUT2D eigenvalue weighted by atomic mass is 16.5. The van der Waals surface area contributed by atoms with E-state index in [2.05, 4.69) is 44.4 Å². The number of rotatable bonds is 9. The second-order valence-electron chi connectivity index (χ2n) is 8.23. The molecular weight excluding hydrogens is 380 g/mol. The highest BCUT2D eigenvalue weighted by molar-refractivity contribution is 5.49. The van der Waals surface area contributed by atoms with Crippen LogP contribution in [0.5, 0.6) is 5.75 Å². The third-order valence-corrected chi connectivity index (χ3v) is 6.28. The first-order chi connectivity index (χ1) is 14.8. The lowest BCUT2D eigenvalue weighted by atomic mass is 10.1. The molecule has 8 nitrogen and oxygen atoms in total. The van der Waals surface area contributed by atoms with Crippen molar-refractivity contribution in [2.24, 2.45) is 0 Å². The van der Waals surface area contributed by atoms with Gasteiger partial charge in [0.15, 0.2) is 5.82 Å². The quantitative estimate of drug-likeness (QED) is 0.625. The molecule has 8 heteroatoms. The smallest absolute Gasteiger partial charge is 0.168 e. The van der Waals surface area contributed by atoms with Crippen molar-refractivity contribution in [1.29, 1.82) is 0 Å². The molecule has 0 radical (unpaired) electrons. The molecule has 3 heterocycles. The molecule has 164 valence electrons. The zero-order chi connectivity index (χ0) is 20.8. The minimum Gasteiger partial charge on any atom is -0.497 e. The van der Waals surface area contributed by atoms with E-state index >= 15 is 0 Å². The van der Waals surface area contributed by atoms with Gasteiger partial charge in [-0.2, -0.15) is 0 Å². The Hall–Kier alpha value is -2.19. The highest BCUT2D eigenvalue weighted by Crippen LogP contribution is 2.28. The van der Waals surface area contributed by atoms with Crippen LogP contribution in [0.15, 0.2) is 24.3 Å². The van der Waals surface area contributed by atoms with Gasteiger partial charge in [0.25, 0.3) is 0 Å². The Bertz CT molecular complexity index is 766. The van der Waals surface area contributed by atoms with E-state index in [1.165, 1.54) is 18.5 Å². The summed E-state index contributed by atoms with van der Waals surface area (Å²) in [7, 11) is 1.71. The number of ether oxygens (including phenoxy) is 2. The lowest BCUT2D eigenvalue weighted by Gasteiger charge is -2.40. The molecule has 2 fully saturated rings. The fourth-order valence-electron chi connectivity index (χ4n) is 4.52. The molecule has 1 aromatic carbocycles. The Morgan fingerprint density at radius 1 is 1.17 bits per heavy atom. The molecule has 0 aliphatic carbocycles. The van der Waals surface area contributed by atoms with Crippen LogP contribution in [0.3, 0.4) is 0 Å². The number of aromatic nitrogens is 4. The second-order valence-corrected chi connectivity index (χ2v) is 8.23. The van der Waals surface area contributed by atoms with Crippen LogP contribution < -0.4 is 9.64 Å². The van der Waals surface area contributed by atoms with Gasteiger partial charge in [-0.3, -0.25) is 4.90 Å². The van der Waals surface area contributed by atoms with Gasteiger partial charge in [-0.15, -0.1) is 5.10 Å². The molecule has 2 aromatic rings. The molecular formula is C22H34N6O2. The maximum Gasteiger partial charge on any atom is 0.168 e. The van der Waals surface area contributed by atoms with Crippen molar-refractivity contribution in [3.05, 3.63) is 30.1 Å². The van der Waals surface area contributed by atoms with Gasteiger partial charge in [0.05, 0.1) is 25.8 Å². The molecule has 2 aliphatic heterocycles. The average molecular weight is 415 g/mol. The van der Waals surface area contributed by atoms with Crippen LogP contribution in [-0.4, -0.2) is 71.1 Å². The fraction of sp³-hybridized carbons (Fsp3) is 0.682. The monoisotopic (exact) mass is 414 g/mol. The Balaban J connectivity index is 1.42. The molecule has 0 spiro atoms. The Labute approximate surface area is 179 Å². The number of methoxy groups -OCH3 is 1. The van der Waals surface area contributed by atoms with Crippen LogP contribution in [0.25, 0.3) is 0 Å². The van der Waals surface area contributed by atoms with Crippen LogP contribution >= 0.6 is 0 Å². The number of tetrazole rings is 1. The zero-order valence-electron chi connectivity index (χ0n) is 18.2. The van der Waals surface area contributed by atoms with Crippen molar-refractivity contribution < 1.29 is 9.47 Å². The van der Waals surface area contributed by atoms with Crippen LogP contribution in [-0.2, 0) is 11.3 Å². The minimum absolute atomic E-state index is 0.242. The summed E-state index contributed by atoms with van der Waals surface area (Å²) in [5, 5.41) is 12.8. The van der Waals surface area contributed by atoms with Crippen molar-refractivity contribution >= 4 is 5.69 Å². The van der Waals surface area contributed by atoms with E-state index in [4.69, 9.17) is 9.47 Å². The minimum atomic E-state index is 0.242. The average Bonchev–Trinajstić information content (AvgIpc) is 3.47. The lowest BCUT2D eigenvalue weighted by Crippen LogP contribution is -2.48. The molecule has 2 atom stereocenters. The molecule has 0 bridgehead atoms. The first-order valence-electron chi connectivity index (χ1n) is 11.3. The topological polar surface area (TPSA) is 68.5 Å². The molecule has 30 heavy (non-hydrogen) atoms. The summed E-state index contributed by atoms with van der Waals surface area (Å²) in [5.74, 6) is 1.90. The molecule has 0 saturated carbocycles. The van der Waals surface area contributed by atoms with E-state index in [9.17, 15) is 0 Å². The molecule has 2 aliphatic rings. The number of benzene rings is 1. The third-order valence-electron chi connectivity index (χ3n) is 6.28. The molecule has 0 amide bonds. The predicted molar refractivity (Wildman–Crippen MR) is 116 cm³/mol. The zero-order valence-corrected chi connectivity index (χ0v) is 18.2. The van der Waals surface area contributed by atoms with E-state index in [0.717, 1.165) is 70.2 Å².